The first-order valence-electron chi connectivity index (χ1n) is 6.35. The largest absolute Gasteiger partial charge is 0.457 e. The summed E-state index contributed by atoms with van der Waals surface area (Å²) in [6.07, 6.45) is 0. The summed E-state index contributed by atoms with van der Waals surface area (Å²) in [5, 5.41) is 4.14. The lowest BCUT2D eigenvalue weighted by molar-refractivity contribution is 0.483. The molecular formula is C16H15N3O. The molecule has 0 fully saturated rings. The number of nitrogens with zero attached hydrogens (tertiary/aromatic N) is 2. The van der Waals surface area contributed by atoms with Gasteiger partial charge >= 0.3 is 0 Å². The fourth-order valence-corrected chi connectivity index (χ4v) is 2.08. The maximum absolute atomic E-state index is 5.76. The number of benzene rings is 2. The van der Waals surface area contributed by atoms with E-state index in [9.17, 15) is 0 Å². The Morgan fingerprint density at radius 3 is 2.20 bits per heavy atom. The molecule has 0 unspecified atom stereocenters. The average Bonchev–Trinajstić information content (AvgIpc) is 2.80. The van der Waals surface area contributed by atoms with Gasteiger partial charge < -0.3 is 10.5 Å². The van der Waals surface area contributed by atoms with Crippen LogP contribution in [-0.2, 0) is 7.05 Å². The molecule has 2 N–H and O–H groups in total. The van der Waals surface area contributed by atoms with Crippen LogP contribution in [-0.4, -0.2) is 9.78 Å². The lowest BCUT2D eigenvalue weighted by Crippen LogP contribution is -1.94. The molecular weight excluding hydrogens is 250 g/mol. The van der Waals surface area contributed by atoms with Crippen molar-refractivity contribution in [2.45, 2.75) is 0 Å². The van der Waals surface area contributed by atoms with E-state index >= 15 is 0 Å². The van der Waals surface area contributed by atoms with Crippen molar-refractivity contribution in [1.82, 2.24) is 9.78 Å². The van der Waals surface area contributed by atoms with Gasteiger partial charge in [-0.25, -0.2) is 0 Å². The van der Waals surface area contributed by atoms with E-state index in [-0.39, 0.29) is 0 Å². The zero-order chi connectivity index (χ0) is 13.9. The van der Waals surface area contributed by atoms with Crippen LogP contribution in [0.1, 0.15) is 0 Å². The van der Waals surface area contributed by atoms with E-state index in [1.807, 2.05) is 67.7 Å². The second-order valence-electron chi connectivity index (χ2n) is 4.52. The van der Waals surface area contributed by atoms with Gasteiger partial charge in [0, 0.05) is 18.7 Å². The van der Waals surface area contributed by atoms with Crippen molar-refractivity contribution in [2.75, 3.05) is 5.73 Å². The van der Waals surface area contributed by atoms with Gasteiger partial charge in [-0.3, -0.25) is 4.68 Å². The average molecular weight is 265 g/mol. The van der Waals surface area contributed by atoms with Crippen molar-refractivity contribution < 1.29 is 4.74 Å². The molecule has 1 aromatic heterocycles. The zero-order valence-electron chi connectivity index (χ0n) is 11.2. The van der Waals surface area contributed by atoms with Gasteiger partial charge in [-0.15, -0.1) is 0 Å². The molecule has 0 aliphatic heterocycles. The standard InChI is InChI=1S/C16H15N3O/c1-19-15(11-16(17)18-19)12-7-9-14(10-8-12)20-13-5-3-2-4-6-13/h2-11H,1H3,(H2,17,18). The number of nitrogens with two attached hydrogens (primary N) is 1. The van der Waals surface area contributed by atoms with E-state index < -0.39 is 0 Å². The number of nitrogen functional groups attached to an aromatic ring is 1. The van der Waals surface area contributed by atoms with Gasteiger partial charge in [0.15, 0.2) is 0 Å². The number of aryl methyl sites for hydroxylation is 1. The van der Waals surface area contributed by atoms with Crippen molar-refractivity contribution >= 4 is 5.82 Å². The molecule has 0 bridgehead atoms. The van der Waals surface area contributed by atoms with Crippen molar-refractivity contribution in [2.24, 2.45) is 7.05 Å². The highest BCUT2D eigenvalue weighted by molar-refractivity contribution is 5.63. The second kappa shape index (κ2) is 5.09. The maximum Gasteiger partial charge on any atom is 0.146 e. The minimum Gasteiger partial charge on any atom is -0.457 e. The first-order chi connectivity index (χ1) is 9.72. The molecule has 0 aliphatic rings. The topological polar surface area (TPSA) is 53.1 Å². The number of hydrogen-bond acceptors (Lipinski definition) is 3. The first kappa shape index (κ1) is 12.3. The number of aromatic nitrogens is 2. The van der Waals surface area contributed by atoms with Gasteiger partial charge in [0.05, 0.1) is 5.69 Å². The van der Waals surface area contributed by atoms with Gasteiger partial charge in [-0.2, -0.15) is 5.10 Å². The Balaban J connectivity index is 1.83. The van der Waals surface area contributed by atoms with E-state index in [1.165, 1.54) is 0 Å². The van der Waals surface area contributed by atoms with Crippen LogP contribution in [0.15, 0.2) is 60.7 Å². The smallest absolute Gasteiger partial charge is 0.146 e. The van der Waals surface area contributed by atoms with Crippen LogP contribution in [0.4, 0.5) is 5.82 Å². The zero-order valence-corrected chi connectivity index (χ0v) is 11.2. The fraction of sp³-hybridized carbons (Fsp3) is 0.0625. The summed E-state index contributed by atoms with van der Waals surface area (Å²) < 4.78 is 7.52. The molecule has 0 atom stereocenters. The summed E-state index contributed by atoms with van der Waals surface area (Å²) >= 11 is 0. The van der Waals surface area contributed by atoms with Gasteiger partial charge in [0.25, 0.3) is 0 Å². The van der Waals surface area contributed by atoms with Crippen molar-refractivity contribution in [3.05, 3.63) is 60.7 Å². The molecule has 1 heterocycles. The SMILES string of the molecule is Cn1nc(N)cc1-c1ccc(Oc2ccccc2)cc1. The number of anilines is 1. The highest BCUT2D eigenvalue weighted by Crippen LogP contribution is 2.26. The molecule has 0 radical (unpaired) electrons. The molecule has 3 rings (SSSR count). The summed E-state index contributed by atoms with van der Waals surface area (Å²) in [6, 6.07) is 19.4. The summed E-state index contributed by atoms with van der Waals surface area (Å²) in [5.74, 6) is 2.15. The molecule has 0 spiro atoms. The Morgan fingerprint density at radius 2 is 1.60 bits per heavy atom. The van der Waals surface area contributed by atoms with Crippen LogP contribution in [0.25, 0.3) is 11.3 Å². The molecule has 4 nitrogen and oxygen atoms in total. The number of rotatable bonds is 3. The van der Waals surface area contributed by atoms with E-state index in [1.54, 1.807) is 4.68 Å². The van der Waals surface area contributed by atoms with Gasteiger partial charge in [0.1, 0.15) is 17.3 Å². The van der Waals surface area contributed by atoms with Crippen LogP contribution < -0.4 is 10.5 Å². The predicted molar refractivity (Wildman–Crippen MR) is 79.6 cm³/mol. The molecule has 2 aromatic carbocycles. The van der Waals surface area contributed by atoms with Crippen LogP contribution in [0.3, 0.4) is 0 Å². The molecule has 0 saturated heterocycles. The first-order valence-corrected chi connectivity index (χ1v) is 6.35. The molecule has 20 heavy (non-hydrogen) atoms. The quantitative estimate of drug-likeness (QED) is 0.789. The van der Waals surface area contributed by atoms with Crippen molar-refractivity contribution in [1.29, 1.82) is 0 Å². The summed E-state index contributed by atoms with van der Waals surface area (Å²) in [4.78, 5) is 0. The van der Waals surface area contributed by atoms with Gasteiger partial charge in [0.2, 0.25) is 0 Å². The summed E-state index contributed by atoms with van der Waals surface area (Å²) in [7, 11) is 1.88. The minimum absolute atomic E-state index is 0.520. The Labute approximate surface area is 117 Å². The van der Waals surface area contributed by atoms with Gasteiger partial charge in [-0.1, -0.05) is 18.2 Å². The van der Waals surface area contributed by atoms with E-state index in [4.69, 9.17) is 10.5 Å². The van der Waals surface area contributed by atoms with Crippen LogP contribution >= 0.6 is 0 Å². The van der Waals surface area contributed by atoms with Crippen molar-refractivity contribution in [3.63, 3.8) is 0 Å². The molecule has 100 valence electrons. The summed E-state index contributed by atoms with van der Waals surface area (Å²) in [6.45, 7) is 0. The molecule has 0 amide bonds. The third-order valence-electron chi connectivity index (χ3n) is 3.03. The second-order valence-corrected chi connectivity index (χ2v) is 4.52. The molecule has 0 aliphatic carbocycles. The lowest BCUT2D eigenvalue weighted by atomic mass is 10.1. The minimum atomic E-state index is 0.520. The van der Waals surface area contributed by atoms with Crippen LogP contribution in [0, 0.1) is 0 Å². The fourth-order valence-electron chi connectivity index (χ4n) is 2.08. The Morgan fingerprint density at radius 1 is 0.950 bits per heavy atom. The van der Waals surface area contributed by atoms with Crippen LogP contribution in [0.2, 0.25) is 0 Å². The van der Waals surface area contributed by atoms with Crippen LogP contribution in [0.5, 0.6) is 11.5 Å². The highest BCUT2D eigenvalue weighted by atomic mass is 16.5. The molecule has 4 heteroatoms. The van der Waals surface area contributed by atoms with Gasteiger partial charge in [-0.05, 0) is 36.4 Å². The van der Waals surface area contributed by atoms with Crippen molar-refractivity contribution in [3.8, 4) is 22.8 Å². The third kappa shape index (κ3) is 2.49. The predicted octanol–water partition coefficient (Wildman–Crippen LogP) is 3.46. The number of para-hydroxylation sites is 1. The summed E-state index contributed by atoms with van der Waals surface area (Å²) in [5.41, 5.74) is 7.73. The lowest BCUT2D eigenvalue weighted by Gasteiger charge is -2.06. The number of hydrogen-bond donors (Lipinski definition) is 1. The Bertz CT molecular complexity index is 702. The Hall–Kier alpha value is -2.75. The molecule has 3 aromatic rings. The maximum atomic E-state index is 5.76. The van der Waals surface area contributed by atoms with E-state index in [0.29, 0.717) is 5.82 Å². The van der Waals surface area contributed by atoms with E-state index in [2.05, 4.69) is 5.10 Å². The highest BCUT2D eigenvalue weighted by Gasteiger charge is 2.05. The molecule has 0 saturated carbocycles. The number of ether oxygens (including phenoxy) is 1. The normalized spacial score (nSPS) is 10.4. The van der Waals surface area contributed by atoms with E-state index in [0.717, 1.165) is 22.8 Å². The monoisotopic (exact) mass is 265 g/mol. The third-order valence-corrected chi connectivity index (χ3v) is 3.03. The Kier molecular flexibility index (Phi) is 3.13.